The van der Waals surface area contributed by atoms with E-state index in [4.69, 9.17) is 9.47 Å². The van der Waals surface area contributed by atoms with Gasteiger partial charge >= 0.3 is 0 Å². The van der Waals surface area contributed by atoms with Gasteiger partial charge in [-0.1, -0.05) is 6.92 Å². The SMILES string of the molecule is CCCNC1CCC(OC2CCOC2)CC1. The number of hydrogen-bond acceptors (Lipinski definition) is 3. The summed E-state index contributed by atoms with van der Waals surface area (Å²) in [5, 5.41) is 3.61. The molecule has 1 N–H and O–H groups in total. The van der Waals surface area contributed by atoms with Gasteiger partial charge in [0.05, 0.1) is 18.8 Å². The van der Waals surface area contributed by atoms with E-state index >= 15 is 0 Å². The average molecular weight is 227 g/mol. The first-order valence-corrected chi connectivity index (χ1v) is 6.85. The fourth-order valence-corrected chi connectivity index (χ4v) is 2.64. The number of nitrogens with one attached hydrogen (secondary N) is 1. The van der Waals surface area contributed by atoms with E-state index in [-0.39, 0.29) is 0 Å². The van der Waals surface area contributed by atoms with Crippen molar-refractivity contribution < 1.29 is 9.47 Å². The van der Waals surface area contributed by atoms with Crippen molar-refractivity contribution in [2.24, 2.45) is 0 Å². The summed E-state index contributed by atoms with van der Waals surface area (Å²) in [6.07, 6.45) is 8.19. The Balaban J connectivity index is 1.60. The Morgan fingerprint density at radius 3 is 2.56 bits per heavy atom. The van der Waals surface area contributed by atoms with Crippen LogP contribution in [0.2, 0.25) is 0 Å². The first-order chi connectivity index (χ1) is 7.88. The van der Waals surface area contributed by atoms with E-state index in [9.17, 15) is 0 Å². The molecule has 1 atom stereocenters. The van der Waals surface area contributed by atoms with Gasteiger partial charge < -0.3 is 14.8 Å². The maximum Gasteiger partial charge on any atom is 0.0834 e. The first kappa shape index (κ1) is 12.3. The minimum absolute atomic E-state index is 0.380. The van der Waals surface area contributed by atoms with E-state index in [1.54, 1.807) is 0 Å². The van der Waals surface area contributed by atoms with Crippen LogP contribution in [0.5, 0.6) is 0 Å². The Labute approximate surface area is 98.9 Å². The molecule has 0 radical (unpaired) electrons. The third-order valence-electron chi connectivity index (χ3n) is 3.63. The molecule has 0 amide bonds. The largest absolute Gasteiger partial charge is 0.379 e. The Bertz CT molecular complexity index is 184. The Hall–Kier alpha value is -0.120. The van der Waals surface area contributed by atoms with E-state index in [1.165, 1.54) is 32.1 Å². The standard InChI is InChI=1S/C13H25NO2/c1-2-8-14-11-3-5-12(6-4-11)16-13-7-9-15-10-13/h11-14H,2-10H2,1H3. The van der Waals surface area contributed by atoms with Crippen LogP contribution in [0.25, 0.3) is 0 Å². The zero-order chi connectivity index (χ0) is 11.2. The van der Waals surface area contributed by atoms with Crippen LogP contribution >= 0.6 is 0 Å². The number of ether oxygens (including phenoxy) is 2. The van der Waals surface area contributed by atoms with E-state index < -0.39 is 0 Å². The Kier molecular flexibility index (Phi) is 5.07. The highest BCUT2D eigenvalue weighted by molar-refractivity contribution is 4.78. The second-order valence-electron chi connectivity index (χ2n) is 5.05. The predicted octanol–water partition coefficient (Wildman–Crippen LogP) is 2.10. The minimum atomic E-state index is 0.380. The maximum absolute atomic E-state index is 6.05. The lowest BCUT2D eigenvalue weighted by Crippen LogP contribution is -2.36. The second-order valence-corrected chi connectivity index (χ2v) is 5.05. The number of hydrogen-bond donors (Lipinski definition) is 1. The molecule has 1 aliphatic carbocycles. The molecule has 1 unspecified atom stereocenters. The van der Waals surface area contributed by atoms with Crippen LogP contribution in [0, 0.1) is 0 Å². The summed E-state index contributed by atoms with van der Waals surface area (Å²) < 4.78 is 11.4. The van der Waals surface area contributed by atoms with Crippen LogP contribution in [0.4, 0.5) is 0 Å². The van der Waals surface area contributed by atoms with Gasteiger partial charge in [-0.2, -0.15) is 0 Å². The molecule has 1 aliphatic heterocycles. The van der Waals surface area contributed by atoms with Crippen molar-refractivity contribution in [1.82, 2.24) is 5.32 Å². The lowest BCUT2D eigenvalue weighted by atomic mass is 9.92. The van der Waals surface area contributed by atoms with Gasteiger partial charge in [-0.05, 0) is 45.1 Å². The quantitative estimate of drug-likeness (QED) is 0.780. The van der Waals surface area contributed by atoms with Crippen molar-refractivity contribution in [2.45, 2.75) is 63.7 Å². The molecule has 0 aromatic heterocycles. The lowest BCUT2D eigenvalue weighted by Gasteiger charge is -2.30. The average Bonchev–Trinajstić information content (AvgIpc) is 2.81. The third-order valence-corrected chi connectivity index (χ3v) is 3.63. The van der Waals surface area contributed by atoms with Crippen molar-refractivity contribution in [2.75, 3.05) is 19.8 Å². The summed E-state index contributed by atoms with van der Waals surface area (Å²) in [5.74, 6) is 0. The molecule has 1 saturated heterocycles. The van der Waals surface area contributed by atoms with Crippen LogP contribution in [0.15, 0.2) is 0 Å². The van der Waals surface area contributed by atoms with Crippen LogP contribution in [-0.2, 0) is 9.47 Å². The molecule has 0 aromatic carbocycles. The Morgan fingerprint density at radius 2 is 1.94 bits per heavy atom. The van der Waals surface area contributed by atoms with Crippen molar-refractivity contribution in [3.8, 4) is 0 Å². The highest BCUT2D eigenvalue weighted by Crippen LogP contribution is 2.24. The predicted molar refractivity (Wildman–Crippen MR) is 64.6 cm³/mol. The van der Waals surface area contributed by atoms with Gasteiger partial charge in [0.15, 0.2) is 0 Å². The molecular formula is C13H25NO2. The van der Waals surface area contributed by atoms with E-state index in [1.807, 2.05) is 0 Å². The highest BCUT2D eigenvalue weighted by atomic mass is 16.5. The first-order valence-electron chi connectivity index (χ1n) is 6.85. The summed E-state index contributed by atoms with van der Waals surface area (Å²) in [5.41, 5.74) is 0. The molecule has 1 saturated carbocycles. The molecule has 2 aliphatic rings. The van der Waals surface area contributed by atoms with E-state index in [2.05, 4.69) is 12.2 Å². The number of rotatable bonds is 5. The van der Waals surface area contributed by atoms with Crippen LogP contribution in [-0.4, -0.2) is 38.0 Å². The molecule has 3 heteroatoms. The molecule has 2 fully saturated rings. The summed E-state index contributed by atoms with van der Waals surface area (Å²) in [4.78, 5) is 0. The van der Waals surface area contributed by atoms with Crippen LogP contribution < -0.4 is 5.32 Å². The van der Waals surface area contributed by atoms with Crippen molar-refractivity contribution in [3.05, 3.63) is 0 Å². The molecule has 3 nitrogen and oxygen atoms in total. The van der Waals surface area contributed by atoms with Crippen molar-refractivity contribution >= 4 is 0 Å². The Morgan fingerprint density at radius 1 is 1.12 bits per heavy atom. The van der Waals surface area contributed by atoms with Gasteiger partial charge in [-0.25, -0.2) is 0 Å². The minimum Gasteiger partial charge on any atom is -0.379 e. The highest BCUT2D eigenvalue weighted by Gasteiger charge is 2.25. The molecule has 0 aromatic rings. The smallest absolute Gasteiger partial charge is 0.0834 e. The molecule has 0 spiro atoms. The van der Waals surface area contributed by atoms with Crippen LogP contribution in [0.3, 0.4) is 0 Å². The van der Waals surface area contributed by atoms with Gasteiger partial charge in [0.2, 0.25) is 0 Å². The van der Waals surface area contributed by atoms with Gasteiger partial charge in [0.25, 0.3) is 0 Å². The summed E-state index contributed by atoms with van der Waals surface area (Å²) >= 11 is 0. The van der Waals surface area contributed by atoms with Crippen molar-refractivity contribution in [3.63, 3.8) is 0 Å². The molecule has 1 heterocycles. The van der Waals surface area contributed by atoms with Crippen LogP contribution in [0.1, 0.15) is 45.4 Å². The summed E-state index contributed by atoms with van der Waals surface area (Å²) in [6.45, 7) is 5.08. The van der Waals surface area contributed by atoms with Gasteiger partial charge in [0.1, 0.15) is 0 Å². The zero-order valence-electron chi connectivity index (χ0n) is 10.4. The van der Waals surface area contributed by atoms with E-state index in [0.717, 1.165) is 32.2 Å². The monoisotopic (exact) mass is 227 g/mol. The van der Waals surface area contributed by atoms with Gasteiger partial charge in [0, 0.05) is 12.6 Å². The van der Waals surface area contributed by atoms with Gasteiger partial charge in [-0.15, -0.1) is 0 Å². The topological polar surface area (TPSA) is 30.5 Å². The van der Waals surface area contributed by atoms with Crippen molar-refractivity contribution in [1.29, 1.82) is 0 Å². The fourth-order valence-electron chi connectivity index (χ4n) is 2.64. The third kappa shape index (κ3) is 3.72. The zero-order valence-corrected chi connectivity index (χ0v) is 10.4. The molecule has 16 heavy (non-hydrogen) atoms. The molecule has 0 bridgehead atoms. The summed E-state index contributed by atoms with van der Waals surface area (Å²) in [7, 11) is 0. The van der Waals surface area contributed by atoms with E-state index in [0.29, 0.717) is 12.2 Å². The summed E-state index contributed by atoms with van der Waals surface area (Å²) in [6, 6.07) is 0.736. The normalized spacial score (nSPS) is 35.4. The molecule has 94 valence electrons. The maximum atomic E-state index is 6.05. The molecular weight excluding hydrogens is 202 g/mol. The lowest BCUT2D eigenvalue weighted by molar-refractivity contribution is -0.0354. The molecule has 2 rings (SSSR count). The fraction of sp³-hybridized carbons (Fsp3) is 1.00. The second kappa shape index (κ2) is 6.58. The van der Waals surface area contributed by atoms with Gasteiger partial charge in [-0.3, -0.25) is 0 Å².